The molecule has 0 heterocycles. The van der Waals surface area contributed by atoms with Crippen LogP contribution in [0.25, 0.3) is 0 Å². The molecule has 6 heteroatoms. The maximum atomic E-state index is 12.9. The first-order chi connectivity index (χ1) is 7.84. The molecule has 0 fully saturated rings. The fourth-order valence-corrected chi connectivity index (χ4v) is 1.15. The lowest BCUT2D eigenvalue weighted by Crippen LogP contribution is -2.11. The smallest absolute Gasteiger partial charge is 0.416 e. The third-order valence-corrected chi connectivity index (χ3v) is 1.90. The average molecular weight is 250 g/mol. The van der Waals surface area contributed by atoms with Crippen molar-refractivity contribution in [2.24, 2.45) is 0 Å². The second-order valence-electron chi connectivity index (χ2n) is 3.36. The maximum Gasteiger partial charge on any atom is 0.416 e. The van der Waals surface area contributed by atoms with Gasteiger partial charge in [-0.2, -0.15) is 13.2 Å². The van der Waals surface area contributed by atoms with Crippen molar-refractivity contribution in [3.05, 3.63) is 35.1 Å². The number of carbonyl (C=O) groups is 1. The van der Waals surface area contributed by atoms with Gasteiger partial charge in [-0.3, -0.25) is 0 Å². The van der Waals surface area contributed by atoms with Gasteiger partial charge < -0.3 is 4.74 Å². The highest BCUT2D eigenvalue weighted by Gasteiger charge is 2.32. The summed E-state index contributed by atoms with van der Waals surface area (Å²) in [6.45, 7) is 1.82. The van der Waals surface area contributed by atoms with Crippen LogP contribution in [-0.2, 0) is 10.9 Å². The van der Waals surface area contributed by atoms with Crippen LogP contribution in [0.5, 0.6) is 0 Å². The van der Waals surface area contributed by atoms with Crippen LogP contribution in [0.15, 0.2) is 18.2 Å². The van der Waals surface area contributed by atoms with E-state index in [1.54, 1.807) is 6.92 Å². The predicted octanol–water partition coefficient (Wildman–Crippen LogP) is 3.41. The van der Waals surface area contributed by atoms with Gasteiger partial charge in [0.1, 0.15) is 5.82 Å². The van der Waals surface area contributed by atoms with Gasteiger partial charge in [-0.1, -0.05) is 6.92 Å². The molecule has 1 aromatic carbocycles. The minimum absolute atomic E-state index is 0.0801. The van der Waals surface area contributed by atoms with Crippen molar-refractivity contribution in [3.8, 4) is 0 Å². The highest BCUT2D eigenvalue weighted by atomic mass is 19.4. The van der Waals surface area contributed by atoms with Crippen molar-refractivity contribution >= 4 is 5.97 Å². The van der Waals surface area contributed by atoms with Crippen LogP contribution >= 0.6 is 0 Å². The van der Waals surface area contributed by atoms with Crippen LogP contribution in [0.3, 0.4) is 0 Å². The number of hydrogen-bond donors (Lipinski definition) is 0. The van der Waals surface area contributed by atoms with E-state index in [0.717, 1.165) is 0 Å². The molecule has 1 rings (SSSR count). The fourth-order valence-electron chi connectivity index (χ4n) is 1.15. The fraction of sp³-hybridized carbons (Fsp3) is 0.364. The molecule has 0 bridgehead atoms. The summed E-state index contributed by atoms with van der Waals surface area (Å²) < 4.78 is 54.6. The maximum absolute atomic E-state index is 12.9. The lowest BCUT2D eigenvalue weighted by molar-refractivity contribution is -0.137. The number of halogens is 4. The molecule has 0 unspecified atom stereocenters. The summed E-state index contributed by atoms with van der Waals surface area (Å²) in [4.78, 5) is 11.3. The van der Waals surface area contributed by atoms with Crippen LogP contribution in [0, 0.1) is 5.82 Å². The Hall–Kier alpha value is -1.59. The van der Waals surface area contributed by atoms with Gasteiger partial charge in [-0.15, -0.1) is 0 Å². The van der Waals surface area contributed by atoms with Crippen molar-refractivity contribution < 1.29 is 27.1 Å². The minimum atomic E-state index is -4.69. The van der Waals surface area contributed by atoms with Gasteiger partial charge in [-0.25, -0.2) is 9.18 Å². The molecule has 0 amide bonds. The van der Waals surface area contributed by atoms with E-state index in [2.05, 4.69) is 4.74 Å². The zero-order valence-electron chi connectivity index (χ0n) is 8.97. The van der Waals surface area contributed by atoms with E-state index < -0.39 is 29.1 Å². The third kappa shape index (κ3) is 3.72. The molecule has 0 saturated carbocycles. The molecular formula is C11H10F4O2. The first-order valence-corrected chi connectivity index (χ1v) is 4.89. The normalized spacial score (nSPS) is 11.4. The Morgan fingerprint density at radius 1 is 1.29 bits per heavy atom. The molecule has 0 N–H and O–H groups in total. The van der Waals surface area contributed by atoms with Crippen molar-refractivity contribution in [1.82, 2.24) is 0 Å². The van der Waals surface area contributed by atoms with Gasteiger partial charge in [0.25, 0.3) is 0 Å². The summed E-state index contributed by atoms with van der Waals surface area (Å²) in [6, 6.07) is 1.62. The van der Waals surface area contributed by atoms with E-state index in [4.69, 9.17) is 0 Å². The quantitative estimate of drug-likeness (QED) is 0.607. The molecule has 0 aliphatic rings. The Balaban J connectivity index is 3.01. The van der Waals surface area contributed by atoms with E-state index in [1.165, 1.54) is 0 Å². The Labute approximate surface area is 95.2 Å². The minimum Gasteiger partial charge on any atom is -0.462 e. The lowest BCUT2D eigenvalue weighted by Gasteiger charge is -2.09. The lowest BCUT2D eigenvalue weighted by atomic mass is 10.1. The Morgan fingerprint density at radius 3 is 2.47 bits per heavy atom. The zero-order chi connectivity index (χ0) is 13.1. The monoisotopic (exact) mass is 250 g/mol. The summed E-state index contributed by atoms with van der Waals surface area (Å²) in [7, 11) is 0. The first-order valence-electron chi connectivity index (χ1n) is 4.89. The van der Waals surface area contributed by atoms with Gasteiger partial charge >= 0.3 is 12.1 Å². The summed E-state index contributed by atoms with van der Waals surface area (Å²) in [5, 5.41) is 0. The highest BCUT2D eigenvalue weighted by molar-refractivity contribution is 5.89. The van der Waals surface area contributed by atoms with Crippen molar-refractivity contribution in [1.29, 1.82) is 0 Å². The number of rotatable bonds is 3. The van der Waals surface area contributed by atoms with E-state index in [-0.39, 0.29) is 6.61 Å². The van der Waals surface area contributed by atoms with E-state index >= 15 is 0 Å². The molecule has 1 aromatic rings. The molecule has 0 radical (unpaired) electrons. The molecule has 0 atom stereocenters. The number of benzene rings is 1. The largest absolute Gasteiger partial charge is 0.462 e. The van der Waals surface area contributed by atoms with E-state index in [1.807, 2.05) is 0 Å². The Kier molecular flexibility index (Phi) is 4.09. The van der Waals surface area contributed by atoms with Crippen LogP contribution in [0.4, 0.5) is 17.6 Å². The topological polar surface area (TPSA) is 26.3 Å². The van der Waals surface area contributed by atoms with Gasteiger partial charge in [0.2, 0.25) is 0 Å². The van der Waals surface area contributed by atoms with Gasteiger partial charge in [0.15, 0.2) is 0 Å². The summed E-state index contributed by atoms with van der Waals surface area (Å²) in [5.41, 5.74) is -1.65. The summed E-state index contributed by atoms with van der Waals surface area (Å²) in [6.07, 6.45) is -4.16. The van der Waals surface area contributed by atoms with Gasteiger partial charge in [0, 0.05) is 0 Å². The van der Waals surface area contributed by atoms with Crippen molar-refractivity contribution in [3.63, 3.8) is 0 Å². The Morgan fingerprint density at radius 2 is 1.94 bits per heavy atom. The number of hydrogen-bond acceptors (Lipinski definition) is 2. The second-order valence-corrected chi connectivity index (χ2v) is 3.36. The van der Waals surface area contributed by atoms with Gasteiger partial charge in [0.05, 0.1) is 17.7 Å². The van der Waals surface area contributed by atoms with Crippen molar-refractivity contribution in [2.75, 3.05) is 6.61 Å². The van der Waals surface area contributed by atoms with Crippen LogP contribution in [-0.4, -0.2) is 12.6 Å². The predicted molar refractivity (Wildman–Crippen MR) is 52.0 cm³/mol. The summed E-state index contributed by atoms with van der Waals surface area (Å²) >= 11 is 0. The van der Waals surface area contributed by atoms with Crippen LogP contribution in [0.1, 0.15) is 29.3 Å². The van der Waals surface area contributed by atoms with Crippen LogP contribution < -0.4 is 0 Å². The first kappa shape index (κ1) is 13.5. The molecule has 0 spiro atoms. The molecule has 94 valence electrons. The average Bonchev–Trinajstić information content (AvgIpc) is 2.23. The van der Waals surface area contributed by atoms with E-state index in [0.29, 0.717) is 24.6 Å². The highest BCUT2D eigenvalue weighted by Crippen LogP contribution is 2.30. The van der Waals surface area contributed by atoms with E-state index in [9.17, 15) is 22.4 Å². The number of ether oxygens (including phenoxy) is 1. The molecular weight excluding hydrogens is 240 g/mol. The molecule has 2 nitrogen and oxygen atoms in total. The van der Waals surface area contributed by atoms with Gasteiger partial charge in [-0.05, 0) is 24.6 Å². The number of esters is 1. The Bertz CT molecular complexity index is 412. The third-order valence-electron chi connectivity index (χ3n) is 1.90. The number of alkyl halides is 3. The molecule has 17 heavy (non-hydrogen) atoms. The zero-order valence-corrected chi connectivity index (χ0v) is 8.97. The summed E-state index contributed by atoms with van der Waals surface area (Å²) in [5.74, 6) is -2.08. The number of carbonyl (C=O) groups excluding carboxylic acids is 1. The standard InChI is InChI=1S/C11H10F4O2/c1-2-3-17-10(16)7-4-8(11(13,14)15)6-9(12)5-7/h4-6H,2-3H2,1H3. The van der Waals surface area contributed by atoms with Crippen molar-refractivity contribution in [2.45, 2.75) is 19.5 Å². The molecule has 0 saturated heterocycles. The molecule has 0 aliphatic heterocycles. The SMILES string of the molecule is CCCOC(=O)c1cc(F)cc(C(F)(F)F)c1. The molecule has 0 aromatic heterocycles. The van der Waals surface area contributed by atoms with Crippen LogP contribution in [0.2, 0.25) is 0 Å². The molecule has 0 aliphatic carbocycles. The second kappa shape index (κ2) is 5.16.